The van der Waals surface area contributed by atoms with Gasteiger partial charge in [-0.2, -0.15) is 0 Å². The monoisotopic (exact) mass is 281 g/mol. The van der Waals surface area contributed by atoms with Crippen molar-refractivity contribution in [2.75, 3.05) is 0 Å². The third kappa shape index (κ3) is 3.23. The molecule has 6 heteroatoms. The third-order valence-corrected chi connectivity index (χ3v) is 4.31. The number of aryl methyl sites for hydroxylation is 1. The summed E-state index contributed by atoms with van der Waals surface area (Å²) < 4.78 is 31.8. The molecule has 0 bridgehead atoms. The quantitative estimate of drug-likeness (QED) is 0.871. The van der Waals surface area contributed by atoms with Crippen LogP contribution < -0.4 is 4.72 Å². The van der Waals surface area contributed by atoms with E-state index in [0.717, 1.165) is 5.56 Å². The molecule has 5 nitrogen and oxygen atoms in total. The van der Waals surface area contributed by atoms with Crippen LogP contribution in [0.5, 0.6) is 0 Å². The minimum atomic E-state index is -3.60. The topological polar surface area (TPSA) is 79.5 Å². The van der Waals surface area contributed by atoms with E-state index in [2.05, 4.69) is 4.72 Å². The lowest BCUT2D eigenvalue weighted by atomic mass is 10.2. The Balaban J connectivity index is 2.23. The predicted molar refractivity (Wildman–Crippen MR) is 69.8 cm³/mol. The molecule has 2 N–H and O–H groups in total. The number of benzene rings is 1. The van der Waals surface area contributed by atoms with E-state index in [0.29, 0.717) is 11.1 Å². The fourth-order valence-corrected chi connectivity index (χ4v) is 2.99. The van der Waals surface area contributed by atoms with Crippen molar-refractivity contribution in [3.8, 4) is 0 Å². The zero-order chi connectivity index (χ0) is 13.9. The van der Waals surface area contributed by atoms with Gasteiger partial charge in [-0.25, -0.2) is 13.1 Å². The van der Waals surface area contributed by atoms with Crippen molar-refractivity contribution in [1.29, 1.82) is 0 Å². The summed E-state index contributed by atoms with van der Waals surface area (Å²) in [6.07, 6.45) is 2.97. The number of nitrogens with one attached hydrogen (secondary N) is 1. The first-order chi connectivity index (χ1) is 9.03. The Kier molecular flexibility index (Phi) is 4.04. The van der Waals surface area contributed by atoms with E-state index in [1.54, 1.807) is 25.1 Å². The Labute approximate surface area is 111 Å². The van der Waals surface area contributed by atoms with E-state index in [9.17, 15) is 8.42 Å². The van der Waals surface area contributed by atoms with Crippen LogP contribution in [0.2, 0.25) is 0 Å². The van der Waals surface area contributed by atoms with Gasteiger partial charge in [0.05, 0.1) is 24.0 Å². The summed E-state index contributed by atoms with van der Waals surface area (Å²) in [6.45, 7) is 1.69. The van der Waals surface area contributed by atoms with Gasteiger partial charge in [0.2, 0.25) is 10.0 Å². The summed E-state index contributed by atoms with van der Waals surface area (Å²) in [5.74, 6) is 0. The van der Waals surface area contributed by atoms with Crippen LogP contribution in [0.15, 0.2) is 46.1 Å². The number of aliphatic hydroxyl groups is 1. The first kappa shape index (κ1) is 13.8. The molecule has 1 heterocycles. The standard InChI is InChI=1S/C13H15NO4S/c1-10-2-3-11(8-15)6-13(10)19(16,17)14-7-12-4-5-18-9-12/h2-6,9,14-15H,7-8H2,1H3. The SMILES string of the molecule is Cc1ccc(CO)cc1S(=O)(=O)NCc1ccoc1. The second kappa shape index (κ2) is 5.56. The van der Waals surface area contributed by atoms with Crippen molar-refractivity contribution >= 4 is 10.0 Å². The summed E-state index contributed by atoms with van der Waals surface area (Å²) in [5.41, 5.74) is 1.95. The average molecular weight is 281 g/mol. The lowest BCUT2D eigenvalue weighted by Crippen LogP contribution is -2.24. The maximum atomic E-state index is 12.2. The Morgan fingerprint density at radius 3 is 2.68 bits per heavy atom. The molecule has 102 valence electrons. The molecular weight excluding hydrogens is 266 g/mol. The van der Waals surface area contributed by atoms with Gasteiger partial charge in [0, 0.05) is 12.1 Å². The van der Waals surface area contributed by atoms with Gasteiger partial charge in [-0.3, -0.25) is 0 Å². The molecule has 1 aromatic carbocycles. The van der Waals surface area contributed by atoms with Gasteiger partial charge in [0.25, 0.3) is 0 Å². The Morgan fingerprint density at radius 2 is 2.05 bits per heavy atom. The summed E-state index contributed by atoms with van der Waals surface area (Å²) in [5, 5.41) is 9.07. The van der Waals surface area contributed by atoms with Crippen LogP contribution in [0.4, 0.5) is 0 Å². The normalized spacial score (nSPS) is 11.7. The highest BCUT2D eigenvalue weighted by molar-refractivity contribution is 7.89. The highest BCUT2D eigenvalue weighted by atomic mass is 32.2. The van der Waals surface area contributed by atoms with E-state index in [4.69, 9.17) is 9.52 Å². The number of furan rings is 1. The van der Waals surface area contributed by atoms with Gasteiger partial charge in [-0.1, -0.05) is 12.1 Å². The molecule has 0 aliphatic heterocycles. The predicted octanol–water partition coefficient (Wildman–Crippen LogP) is 1.56. The van der Waals surface area contributed by atoms with Crippen molar-refractivity contribution in [2.24, 2.45) is 0 Å². The van der Waals surface area contributed by atoms with Gasteiger partial charge in [0.15, 0.2) is 0 Å². The summed E-state index contributed by atoms with van der Waals surface area (Å²) in [6, 6.07) is 6.55. The largest absolute Gasteiger partial charge is 0.472 e. The third-order valence-electron chi connectivity index (χ3n) is 2.77. The van der Waals surface area contributed by atoms with Crippen LogP contribution in [-0.2, 0) is 23.2 Å². The van der Waals surface area contributed by atoms with E-state index >= 15 is 0 Å². The highest BCUT2D eigenvalue weighted by Crippen LogP contribution is 2.17. The molecule has 0 fully saturated rings. The number of rotatable bonds is 5. The van der Waals surface area contributed by atoms with Gasteiger partial charge in [0.1, 0.15) is 0 Å². The minimum absolute atomic E-state index is 0.168. The highest BCUT2D eigenvalue weighted by Gasteiger charge is 2.17. The molecule has 0 unspecified atom stereocenters. The van der Waals surface area contributed by atoms with Gasteiger partial charge < -0.3 is 9.52 Å². The van der Waals surface area contributed by atoms with Crippen molar-refractivity contribution in [1.82, 2.24) is 4.72 Å². The number of hydrogen-bond donors (Lipinski definition) is 2. The molecule has 0 aliphatic rings. The zero-order valence-electron chi connectivity index (χ0n) is 10.5. The van der Waals surface area contributed by atoms with E-state index in [-0.39, 0.29) is 18.0 Å². The Morgan fingerprint density at radius 1 is 1.26 bits per heavy atom. The number of hydrogen-bond acceptors (Lipinski definition) is 4. The van der Waals surface area contributed by atoms with Gasteiger partial charge >= 0.3 is 0 Å². The Hall–Kier alpha value is -1.63. The van der Waals surface area contributed by atoms with Gasteiger partial charge in [-0.15, -0.1) is 0 Å². The Bertz CT molecular complexity index is 647. The summed E-state index contributed by atoms with van der Waals surface area (Å²) in [7, 11) is -3.60. The number of aliphatic hydroxyl groups excluding tert-OH is 1. The van der Waals surface area contributed by atoms with Crippen LogP contribution in [0.1, 0.15) is 16.7 Å². The molecule has 0 amide bonds. The molecule has 0 aliphatic carbocycles. The summed E-state index contributed by atoms with van der Waals surface area (Å²) in [4.78, 5) is 0.183. The van der Waals surface area contributed by atoms with E-state index < -0.39 is 10.0 Å². The molecule has 0 saturated heterocycles. The average Bonchev–Trinajstić information content (AvgIpc) is 2.90. The lowest BCUT2D eigenvalue weighted by Gasteiger charge is -2.10. The first-order valence-corrected chi connectivity index (χ1v) is 7.22. The second-order valence-electron chi connectivity index (χ2n) is 4.21. The smallest absolute Gasteiger partial charge is 0.241 e. The fraction of sp³-hybridized carbons (Fsp3) is 0.231. The molecule has 0 saturated carbocycles. The molecule has 0 atom stereocenters. The van der Waals surface area contributed by atoms with Crippen molar-refractivity contribution in [3.05, 3.63) is 53.5 Å². The van der Waals surface area contributed by atoms with Crippen molar-refractivity contribution in [2.45, 2.75) is 25.0 Å². The molecular formula is C13H15NO4S. The van der Waals surface area contributed by atoms with Crippen LogP contribution in [0, 0.1) is 6.92 Å². The van der Waals surface area contributed by atoms with Crippen molar-refractivity contribution < 1.29 is 17.9 Å². The van der Waals surface area contributed by atoms with Crippen LogP contribution in [0.3, 0.4) is 0 Å². The molecule has 0 spiro atoms. The van der Waals surface area contributed by atoms with Crippen LogP contribution in [0.25, 0.3) is 0 Å². The molecule has 0 radical (unpaired) electrons. The lowest BCUT2D eigenvalue weighted by molar-refractivity contribution is 0.281. The molecule has 19 heavy (non-hydrogen) atoms. The molecule has 1 aromatic heterocycles. The second-order valence-corrected chi connectivity index (χ2v) is 5.95. The maximum Gasteiger partial charge on any atom is 0.241 e. The van der Waals surface area contributed by atoms with E-state index in [1.807, 2.05) is 0 Å². The van der Waals surface area contributed by atoms with Gasteiger partial charge in [-0.05, 0) is 30.2 Å². The maximum absolute atomic E-state index is 12.2. The first-order valence-electron chi connectivity index (χ1n) is 5.74. The van der Waals surface area contributed by atoms with Crippen LogP contribution in [-0.4, -0.2) is 13.5 Å². The van der Waals surface area contributed by atoms with E-state index in [1.165, 1.54) is 18.6 Å². The van der Waals surface area contributed by atoms with Crippen molar-refractivity contribution in [3.63, 3.8) is 0 Å². The summed E-state index contributed by atoms with van der Waals surface area (Å²) >= 11 is 0. The van der Waals surface area contributed by atoms with Crippen LogP contribution >= 0.6 is 0 Å². The minimum Gasteiger partial charge on any atom is -0.472 e. The molecule has 2 aromatic rings. The number of sulfonamides is 1. The molecule has 2 rings (SSSR count). The fourth-order valence-electron chi connectivity index (χ4n) is 1.68. The zero-order valence-corrected chi connectivity index (χ0v) is 11.3.